The first kappa shape index (κ1) is 17.6. The Balaban J connectivity index is 2.15. The minimum Gasteiger partial charge on any atom is -0.488 e. The highest BCUT2D eigenvalue weighted by Crippen LogP contribution is 2.28. The van der Waals surface area contributed by atoms with Crippen LogP contribution in [0, 0.1) is 0 Å². The quantitative estimate of drug-likeness (QED) is 0.655. The molecule has 0 aromatic heterocycles. The Hall–Kier alpha value is -0.740. The zero-order valence-corrected chi connectivity index (χ0v) is 15.6. The molecule has 2 nitrogen and oxygen atoms in total. The first-order chi connectivity index (χ1) is 10.5. The van der Waals surface area contributed by atoms with Crippen LogP contribution in [0.25, 0.3) is 0 Å². The van der Waals surface area contributed by atoms with Gasteiger partial charge in [-0.15, -0.1) is 0 Å². The molecule has 1 N–H and O–H groups in total. The lowest BCUT2D eigenvalue weighted by molar-refractivity contribution is 0.302. The van der Waals surface area contributed by atoms with E-state index >= 15 is 0 Å². The van der Waals surface area contributed by atoms with E-state index in [4.69, 9.17) is 27.9 Å². The number of halogens is 3. The van der Waals surface area contributed by atoms with E-state index in [-0.39, 0.29) is 0 Å². The maximum absolute atomic E-state index is 6.18. The number of nitrogens with one attached hydrogen (secondary N) is 1. The molecule has 0 aliphatic heterocycles. The molecule has 0 unspecified atom stereocenters. The summed E-state index contributed by atoms with van der Waals surface area (Å²) in [7, 11) is 0. The van der Waals surface area contributed by atoms with Crippen molar-refractivity contribution in [2.24, 2.45) is 0 Å². The monoisotopic (exact) mass is 401 g/mol. The van der Waals surface area contributed by atoms with E-state index in [9.17, 15) is 0 Å². The highest BCUT2D eigenvalue weighted by atomic mass is 79.9. The third kappa shape index (κ3) is 4.88. The van der Waals surface area contributed by atoms with Crippen molar-refractivity contribution in [1.29, 1.82) is 0 Å². The molecule has 0 amide bonds. The van der Waals surface area contributed by atoms with Gasteiger partial charge in [0.05, 0.1) is 0 Å². The van der Waals surface area contributed by atoms with Crippen molar-refractivity contribution in [2.75, 3.05) is 0 Å². The fourth-order valence-corrected chi connectivity index (χ4v) is 2.88. The molecule has 2 rings (SSSR count). The van der Waals surface area contributed by atoms with Crippen LogP contribution < -0.4 is 10.1 Å². The minimum absolute atomic E-state index is 0.342. The van der Waals surface area contributed by atoms with E-state index in [1.807, 2.05) is 30.3 Å². The van der Waals surface area contributed by atoms with E-state index in [2.05, 4.69) is 41.2 Å². The van der Waals surface area contributed by atoms with Crippen molar-refractivity contribution in [1.82, 2.24) is 5.32 Å². The summed E-state index contributed by atoms with van der Waals surface area (Å²) >= 11 is 15.9. The van der Waals surface area contributed by atoms with Gasteiger partial charge in [0, 0.05) is 38.2 Å². The summed E-state index contributed by atoms with van der Waals surface area (Å²) in [5, 5.41) is 4.63. The number of hydrogen-bond donors (Lipinski definition) is 1. The van der Waals surface area contributed by atoms with E-state index in [1.165, 1.54) is 0 Å². The van der Waals surface area contributed by atoms with E-state index in [1.54, 1.807) is 0 Å². The molecule has 0 aliphatic rings. The zero-order valence-electron chi connectivity index (χ0n) is 12.5. The Bertz CT molecular complexity index is 626. The average Bonchev–Trinajstić information content (AvgIpc) is 2.46. The lowest BCUT2D eigenvalue weighted by Gasteiger charge is -2.15. The number of ether oxygens (including phenoxy) is 1. The second kappa shape index (κ2) is 8.21. The van der Waals surface area contributed by atoms with E-state index in [0.717, 1.165) is 27.9 Å². The molecule has 0 saturated heterocycles. The molecule has 0 radical (unpaired) electrons. The molecule has 0 aliphatic carbocycles. The van der Waals surface area contributed by atoms with Gasteiger partial charge in [-0.05, 0) is 30.3 Å². The van der Waals surface area contributed by atoms with Gasteiger partial charge >= 0.3 is 0 Å². The predicted octanol–water partition coefficient (Wildman–Crippen LogP) is 5.83. The minimum atomic E-state index is 0.342. The van der Waals surface area contributed by atoms with Crippen LogP contribution in [0.1, 0.15) is 25.0 Å². The first-order valence-electron chi connectivity index (χ1n) is 7.05. The molecule has 0 bridgehead atoms. The van der Waals surface area contributed by atoms with Gasteiger partial charge in [-0.25, -0.2) is 0 Å². The molecule has 2 aromatic rings. The summed E-state index contributed by atoms with van der Waals surface area (Å²) in [5.74, 6) is 0.826. The fraction of sp³-hybridized carbons (Fsp3) is 0.294. The topological polar surface area (TPSA) is 21.3 Å². The lowest BCUT2D eigenvalue weighted by atomic mass is 10.2. The van der Waals surface area contributed by atoms with Crippen molar-refractivity contribution < 1.29 is 4.74 Å². The van der Waals surface area contributed by atoms with Crippen LogP contribution in [0.5, 0.6) is 5.75 Å². The first-order valence-corrected chi connectivity index (χ1v) is 8.59. The SMILES string of the molecule is CC(C)NCc1cc(Br)ccc1OCc1c(Cl)cccc1Cl. The number of benzene rings is 2. The Labute approximate surface area is 149 Å². The largest absolute Gasteiger partial charge is 0.488 e. The van der Waals surface area contributed by atoms with Gasteiger partial charge in [0.15, 0.2) is 0 Å². The van der Waals surface area contributed by atoms with Crippen molar-refractivity contribution >= 4 is 39.1 Å². The van der Waals surface area contributed by atoms with Gasteiger partial charge in [0.2, 0.25) is 0 Å². The van der Waals surface area contributed by atoms with Crippen molar-refractivity contribution in [3.8, 4) is 5.75 Å². The lowest BCUT2D eigenvalue weighted by Crippen LogP contribution is -2.22. The Kier molecular flexibility index (Phi) is 6.57. The van der Waals surface area contributed by atoms with Crippen LogP contribution in [-0.2, 0) is 13.2 Å². The summed E-state index contributed by atoms with van der Waals surface area (Å²) in [6.45, 7) is 5.31. The molecule has 0 saturated carbocycles. The van der Waals surface area contributed by atoms with Crippen molar-refractivity contribution in [3.63, 3.8) is 0 Å². The molecule has 5 heteroatoms. The molecule has 0 heterocycles. The smallest absolute Gasteiger partial charge is 0.124 e. The van der Waals surface area contributed by atoms with Crippen molar-refractivity contribution in [3.05, 3.63) is 62.0 Å². The highest BCUT2D eigenvalue weighted by Gasteiger charge is 2.09. The van der Waals surface area contributed by atoms with E-state index < -0.39 is 0 Å². The second-order valence-corrected chi connectivity index (χ2v) is 7.01. The van der Waals surface area contributed by atoms with Crippen LogP contribution in [0.15, 0.2) is 40.9 Å². The summed E-state index contributed by atoms with van der Waals surface area (Å²) in [6, 6.07) is 11.8. The van der Waals surface area contributed by atoms with Crippen LogP contribution in [0.3, 0.4) is 0 Å². The Morgan fingerprint density at radius 2 is 1.82 bits per heavy atom. The molecule has 0 fully saturated rings. The fourth-order valence-electron chi connectivity index (χ4n) is 1.96. The molecular formula is C17H18BrCl2NO. The third-order valence-corrected chi connectivity index (χ3v) is 4.36. The van der Waals surface area contributed by atoms with Gasteiger partial charge in [0.1, 0.15) is 12.4 Å². The molecule has 22 heavy (non-hydrogen) atoms. The average molecular weight is 403 g/mol. The molecule has 118 valence electrons. The summed E-state index contributed by atoms with van der Waals surface area (Å²) < 4.78 is 6.97. The number of rotatable bonds is 6. The zero-order chi connectivity index (χ0) is 16.1. The Morgan fingerprint density at radius 3 is 2.45 bits per heavy atom. The van der Waals surface area contributed by atoms with Gasteiger partial charge < -0.3 is 10.1 Å². The van der Waals surface area contributed by atoms with Gasteiger partial charge in [-0.3, -0.25) is 0 Å². The van der Waals surface area contributed by atoms with Crippen LogP contribution in [0.4, 0.5) is 0 Å². The maximum Gasteiger partial charge on any atom is 0.124 e. The Morgan fingerprint density at radius 1 is 1.14 bits per heavy atom. The predicted molar refractivity (Wildman–Crippen MR) is 96.9 cm³/mol. The number of hydrogen-bond acceptors (Lipinski definition) is 2. The summed E-state index contributed by atoms with van der Waals surface area (Å²) in [4.78, 5) is 0. The maximum atomic E-state index is 6.18. The summed E-state index contributed by atoms with van der Waals surface area (Å²) in [6.07, 6.45) is 0. The highest BCUT2D eigenvalue weighted by molar-refractivity contribution is 9.10. The van der Waals surface area contributed by atoms with Crippen molar-refractivity contribution in [2.45, 2.75) is 33.0 Å². The molecule has 0 spiro atoms. The summed E-state index contributed by atoms with van der Waals surface area (Å²) in [5.41, 5.74) is 1.89. The van der Waals surface area contributed by atoms with Crippen LogP contribution in [0.2, 0.25) is 10.0 Å². The van der Waals surface area contributed by atoms with Gasteiger partial charge in [-0.1, -0.05) is 59.0 Å². The second-order valence-electron chi connectivity index (χ2n) is 5.28. The molecule has 0 atom stereocenters. The van der Waals surface area contributed by atoms with Gasteiger partial charge in [0.25, 0.3) is 0 Å². The van der Waals surface area contributed by atoms with E-state index in [0.29, 0.717) is 22.7 Å². The standard InChI is InChI=1S/C17H18BrCl2NO/c1-11(2)21-9-12-8-13(18)6-7-17(12)22-10-14-15(19)4-3-5-16(14)20/h3-8,11,21H,9-10H2,1-2H3. The molecule has 2 aromatic carbocycles. The van der Waals surface area contributed by atoms with Crippen LogP contribution in [-0.4, -0.2) is 6.04 Å². The van der Waals surface area contributed by atoms with Gasteiger partial charge in [-0.2, -0.15) is 0 Å². The normalized spacial score (nSPS) is 11.0. The molecular weight excluding hydrogens is 385 g/mol. The third-order valence-electron chi connectivity index (χ3n) is 3.16. The van der Waals surface area contributed by atoms with Crippen LogP contribution >= 0.6 is 39.1 Å².